The van der Waals surface area contributed by atoms with Crippen molar-refractivity contribution >= 4 is 17.5 Å². The Kier molecular flexibility index (Phi) is 8.05. The van der Waals surface area contributed by atoms with Crippen LogP contribution in [0.2, 0.25) is 0 Å². The summed E-state index contributed by atoms with van der Waals surface area (Å²) in [6.07, 6.45) is 12.6. The number of hydrogen-bond acceptors (Lipinski definition) is 5. The van der Waals surface area contributed by atoms with Gasteiger partial charge in [-0.25, -0.2) is 4.79 Å². The van der Waals surface area contributed by atoms with Gasteiger partial charge >= 0.3 is 6.03 Å². The molecule has 8 rings (SSSR count). The minimum atomic E-state index is -1.14. The number of aliphatic hydroxyl groups excluding tert-OH is 1. The monoisotopic (exact) mass is 638 g/mol. The SMILES string of the molecule is COCCCN(C[C@]1(O)CC[C@H]2[C@]34C=C[C@@]5(C=C3C(=O)c3ccccc3)CC(O)CC[C@]5(C)[C@H]4CC[C@@]21C)C(=O)Nc1ccccc1. The molecular formula is C40H50N2O5. The fourth-order valence-corrected chi connectivity index (χ4v) is 11.0. The minimum Gasteiger partial charge on any atom is -0.393 e. The molecule has 0 radical (unpaired) electrons. The van der Waals surface area contributed by atoms with E-state index in [4.69, 9.17) is 4.74 Å². The number of carbonyl (C=O) groups is 2. The summed E-state index contributed by atoms with van der Waals surface area (Å²) in [4.78, 5) is 30.2. The number of allylic oxidation sites excluding steroid dienone is 4. The fraction of sp³-hybridized carbons (Fsp3) is 0.550. The van der Waals surface area contributed by atoms with Crippen LogP contribution in [0.4, 0.5) is 10.5 Å². The third-order valence-corrected chi connectivity index (χ3v) is 13.5. The molecule has 8 atom stereocenters. The van der Waals surface area contributed by atoms with Gasteiger partial charge < -0.3 is 25.2 Å². The predicted molar refractivity (Wildman–Crippen MR) is 183 cm³/mol. The zero-order chi connectivity index (χ0) is 33.1. The van der Waals surface area contributed by atoms with Crippen molar-refractivity contribution in [2.75, 3.05) is 32.1 Å². The first kappa shape index (κ1) is 32.3. The molecule has 0 aliphatic heterocycles. The highest BCUT2D eigenvalue weighted by Crippen LogP contribution is 2.78. The molecule has 2 spiro atoms. The van der Waals surface area contributed by atoms with Gasteiger partial charge in [-0.1, -0.05) is 80.6 Å². The van der Waals surface area contributed by atoms with Crippen LogP contribution in [0.1, 0.15) is 75.6 Å². The lowest BCUT2D eigenvalue weighted by molar-refractivity contribution is -0.174. The Morgan fingerprint density at radius 1 is 0.915 bits per heavy atom. The van der Waals surface area contributed by atoms with Crippen LogP contribution in [0, 0.1) is 33.5 Å². The Morgan fingerprint density at radius 3 is 2.30 bits per heavy atom. The van der Waals surface area contributed by atoms with E-state index in [1.807, 2.05) is 60.7 Å². The van der Waals surface area contributed by atoms with E-state index in [0.717, 1.165) is 37.7 Å². The summed E-state index contributed by atoms with van der Waals surface area (Å²) in [5, 5.41) is 26.8. The maximum atomic E-state index is 14.6. The van der Waals surface area contributed by atoms with Crippen LogP contribution in [-0.2, 0) is 4.74 Å². The normalized spacial score (nSPS) is 38.1. The van der Waals surface area contributed by atoms with Crippen LogP contribution < -0.4 is 5.32 Å². The molecule has 7 heteroatoms. The lowest BCUT2D eigenvalue weighted by atomic mass is 9.32. The Labute approximate surface area is 279 Å². The molecule has 7 nitrogen and oxygen atoms in total. The number of methoxy groups -OCH3 is 1. The molecule has 0 saturated heterocycles. The number of para-hydroxylation sites is 1. The van der Waals surface area contributed by atoms with Gasteiger partial charge in [-0.05, 0) is 80.8 Å². The molecule has 2 bridgehead atoms. The van der Waals surface area contributed by atoms with Crippen molar-refractivity contribution in [2.24, 2.45) is 33.5 Å². The number of fused-ring (bicyclic) bond motifs is 1. The molecule has 3 saturated carbocycles. The number of ether oxygens (including phenoxy) is 1. The first-order valence-corrected chi connectivity index (χ1v) is 17.6. The Hall–Kier alpha value is -3.26. The van der Waals surface area contributed by atoms with E-state index in [9.17, 15) is 19.8 Å². The smallest absolute Gasteiger partial charge is 0.321 e. The predicted octanol–water partition coefficient (Wildman–Crippen LogP) is 7.03. The summed E-state index contributed by atoms with van der Waals surface area (Å²) < 4.78 is 5.33. The second-order valence-electron chi connectivity index (χ2n) is 15.6. The average Bonchev–Trinajstić information content (AvgIpc) is 3.34. The molecule has 250 valence electrons. The number of urea groups is 1. The minimum absolute atomic E-state index is 0.0221. The Bertz CT molecular complexity index is 1580. The van der Waals surface area contributed by atoms with E-state index < -0.39 is 16.4 Å². The lowest BCUT2D eigenvalue weighted by Gasteiger charge is -2.71. The molecular weight excluding hydrogens is 588 g/mol. The maximum Gasteiger partial charge on any atom is 0.321 e. The van der Waals surface area contributed by atoms with Crippen molar-refractivity contribution in [3.63, 3.8) is 0 Å². The van der Waals surface area contributed by atoms with E-state index >= 15 is 0 Å². The molecule has 3 fully saturated rings. The summed E-state index contributed by atoms with van der Waals surface area (Å²) in [6, 6.07) is 18.8. The largest absolute Gasteiger partial charge is 0.393 e. The topological polar surface area (TPSA) is 99.1 Å². The van der Waals surface area contributed by atoms with Crippen LogP contribution in [0.3, 0.4) is 0 Å². The van der Waals surface area contributed by atoms with E-state index in [0.29, 0.717) is 43.7 Å². The van der Waals surface area contributed by atoms with Gasteiger partial charge in [0, 0.05) is 53.3 Å². The van der Waals surface area contributed by atoms with Gasteiger partial charge in [0.2, 0.25) is 0 Å². The number of nitrogens with zero attached hydrogens (tertiary/aromatic N) is 1. The molecule has 47 heavy (non-hydrogen) atoms. The molecule has 2 aromatic rings. The van der Waals surface area contributed by atoms with E-state index in [-0.39, 0.29) is 47.1 Å². The standard InChI is InChI=1S/C40H50N2O5/c1-36-18-15-30(43)25-38(36)21-22-40(31(26-38)34(44)28-11-6-4-7-12-28)32(36)16-19-37(2)33(40)17-20-39(37,46)27-42(23-10-24-47-3)35(45)41-29-13-8-5-9-14-29/h4-9,11-14,21-22,26,30,32-33,43,46H,10,15-20,23-25,27H2,1-3H3,(H,41,45)/t30?,32-,33-,36-,37+,38+,39-,40-/m1/s1. The average molecular weight is 639 g/mol. The highest BCUT2D eigenvalue weighted by Gasteiger charge is 2.74. The highest BCUT2D eigenvalue weighted by molar-refractivity contribution is 6.10. The van der Waals surface area contributed by atoms with Gasteiger partial charge in [-0.2, -0.15) is 0 Å². The summed E-state index contributed by atoms with van der Waals surface area (Å²) in [5.41, 5.74) is -0.406. The number of carbonyl (C=O) groups excluding carboxylic acids is 2. The number of amides is 2. The van der Waals surface area contributed by atoms with Gasteiger partial charge in [-0.15, -0.1) is 0 Å². The van der Waals surface area contributed by atoms with Gasteiger partial charge in [0.05, 0.1) is 18.2 Å². The van der Waals surface area contributed by atoms with Crippen LogP contribution in [0.25, 0.3) is 0 Å². The molecule has 6 aliphatic rings. The number of anilines is 1. The first-order chi connectivity index (χ1) is 22.5. The lowest BCUT2D eigenvalue weighted by Crippen LogP contribution is -2.67. The number of rotatable bonds is 9. The number of nitrogens with one attached hydrogen (secondary N) is 1. The van der Waals surface area contributed by atoms with Crippen molar-refractivity contribution in [3.8, 4) is 0 Å². The summed E-state index contributed by atoms with van der Waals surface area (Å²) in [7, 11) is 1.66. The number of aliphatic hydroxyl groups is 2. The van der Waals surface area contributed by atoms with Crippen LogP contribution in [0.5, 0.6) is 0 Å². The van der Waals surface area contributed by atoms with Crippen molar-refractivity contribution in [1.82, 2.24) is 4.90 Å². The fourth-order valence-electron chi connectivity index (χ4n) is 11.0. The van der Waals surface area contributed by atoms with Gasteiger partial charge in [0.1, 0.15) is 0 Å². The van der Waals surface area contributed by atoms with Gasteiger partial charge in [0.25, 0.3) is 0 Å². The van der Waals surface area contributed by atoms with E-state index in [1.54, 1.807) is 12.0 Å². The molecule has 0 aromatic heterocycles. The van der Waals surface area contributed by atoms with Crippen molar-refractivity contribution in [3.05, 3.63) is 90.0 Å². The quantitative estimate of drug-likeness (QED) is 0.156. The summed E-state index contributed by atoms with van der Waals surface area (Å²) in [6.45, 7) is 5.82. The Balaban J connectivity index is 1.27. The summed E-state index contributed by atoms with van der Waals surface area (Å²) >= 11 is 0. The number of Topliss-reactive ketones (excluding diaryl/α,β-unsaturated/α-hetero) is 1. The number of ketones is 1. The molecule has 1 unspecified atom stereocenters. The Morgan fingerprint density at radius 2 is 1.57 bits per heavy atom. The molecule has 0 heterocycles. The second kappa shape index (κ2) is 11.7. The van der Waals surface area contributed by atoms with Crippen LogP contribution in [0.15, 0.2) is 84.5 Å². The molecule has 3 N–H and O–H groups in total. The zero-order valence-electron chi connectivity index (χ0n) is 28.1. The second-order valence-corrected chi connectivity index (χ2v) is 15.6. The highest BCUT2D eigenvalue weighted by atomic mass is 16.5. The van der Waals surface area contributed by atoms with Crippen LogP contribution >= 0.6 is 0 Å². The van der Waals surface area contributed by atoms with E-state index in [2.05, 4.69) is 37.4 Å². The van der Waals surface area contributed by atoms with Gasteiger partial charge in [-0.3, -0.25) is 4.79 Å². The van der Waals surface area contributed by atoms with E-state index in [1.165, 1.54) is 0 Å². The van der Waals surface area contributed by atoms with Crippen LogP contribution in [-0.4, -0.2) is 65.4 Å². The maximum absolute atomic E-state index is 14.6. The third kappa shape index (κ3) is 4.79. The summed E-state index contributed by atoms with van der Waals surface area (Å²) in [5.74, 6) is 0.304. The zero-order valence-corrected chi connectivity index (χ0v) is 28.1. The van der Waals surface area contributed by atoms with Crippen molar-refractivity contribution < 1.29 is 24.5 Å². The van der Waals surface area contributed by atoms with Gasteiger partial charge in [0.15, 0.2) is 5.78 Å². The molecule has 2 amide bonds. The van der Waals surface area contributed by atoms with Crippen molar-refractivity contribution in [2.45, 2.75) is 76.9 Å². The molecule has 2 aromatic carbocycles. The third-order valence-electron chi connectivity index (χ3n) is 13.5. The number of hydrogen-bond donors (Lipinski definition) is 3. The number of benzene rings is 2. The van der Waals surface area contributed by atoms with Crippen molar-refractivity contribution in [1.29, 1.82) is 0 Å². The molecule has 6 aliphatic carbocycles. The first-order valence-electron chi connectivity index (χ1n) is 17.6.